The van der Waals surface area contributed by atoms with Crippen LogP contribution in [0.25, 0.3) is 0 Å². The molecule has 4 heteroatoms. The number of hydrogen-bond donors (Lipinski definition) is 2. The Labute approximate surface area is 151 Å². The third-order valence-electron chi connectivity index (χ3n) is 6.25. The number of nitrogens with zero attached hydrogens (tertiary/aromatic N) is 1. The first kappa shape index (κ1) is 18.4. The molecule has 0 radical (unpaired) electrons. The zero-order valence-corrected chi connectivity index (χ0v) is 15.2. The minimum absolute atomic E-state index is 0.0144. The summed E-state index contributed by atoms with van der Waals surface area (Å²) < 4.78 is 0. The van der Waals surface area contributed by atoms with E-state index in [4.69, 9.17) is 5.73 Å². The van der Waals surface area contributed by atoms with Gasteiger partial charge in [0, 0.05) is 19.0 Å². The first-order chi connectivity index (χ1) is 12.1. The first-order valence-corrected chi connectivity index (χ1v) is 9.86. The van der Waals surface area contributed by atoms with Crippen LogP contribution in [-0.4, -0.2) is 35.0 Å². The molecule has 1 aromatic rings. The van der Waals surface area contributed by atoms with Crippen molar-refractivity contribution in [3.8, 4) is 0 Å². The molecule has 1 heterocycles. The maximum atomic E-state index is 13.0. The number of carbonyl (C=O) groups excluding carboxylic acids is 1. The zero-order chi connectivity index (χ0) is 17.7. The molecule has 0 bridgehead atoms. The second-order valence-corrected chi connectivity index (χ2v) is 7.99. The lowest BCUT2D eigenvalue weighted by Crippen LogP contribution is -2.42. The normalized spacial score (nSPS) is 24.2. The highest BCUT2D eigenvalue weighted by Gasteiger charge is 2.37. The van der Waals surface area contributed by atoms with Crippen LogP contribution in [0.1, 0.15) is 69.5 Å². The molecule has 2 unspecified atom stereocenters. The summed E-state index contributed by atoms with van der Waals surface area (Å²) in [4.78, 5) is 15.0. The molecule has 3 rings (SSSR count). The second kappa shape index (κ2) is 8.33. The number of likely N-dealkylation sites (tertiary alicyclic amines) is 1. The summed E-state index contributed by atoms with van der Waals surface area (Å²) in [5.41, 5.74) is 7.02. The Bertz CT molecular complexity index is 554. The molecule has 1 aromatic carbocycles. The highest BCUT2D eigenvalue weighted by atomic mass is 16.3. The number of benzene rings is 1. The molecule has 4 nitrogen and oxygen atoms in total. The fourth-order valence-corrected chi connectivity index (χ4v) is 4.66. The molecule has 1 aliphatic heterocycles. The van der Waals surface area contributed by atoms with Crippen molar-refractivity contribution in [2.45, 2.75) is 69.9 Å². The van der Waals surface area contributed by atoms with Crippen LogP contribution < -0.4 is 5.73 Å². The summed E-state index contributed by atoms with van der Waals surface area (Å²) in [5, 5.41) is 10.5. The number of aliphatic hydroxyl groups excluding tert-OH is 1. The number of nitrogens with two attached hydrogens (primary N) is 1. The second-order valence-electron chi connectivity index (χ2n) is 7.99. The van der Waals surface area contributed by atoms with Gasteiger partial charge in [-0.3, -0.25) is 4.79 Å². The average molecular weight is 344 g/mol. The van der Waals surface area contributed by atoms with Crippen molar-refractivity contribution in [2.75, 3.05) is 13.1 Å². The Morgan fingerprint density at radius 3 is 2.60 bits per heavy atom. The molecule has 3 N–H and O–H groups in total. The number of hydrogen-bond acceptors (Lipinski definition) is 3. The Balaban J connectivity index is 1.61. The van der Waals surface area contributed by atoms with E-state index in [0.717, 1.165) is 37.8 Å². The van der Waals surface area contributed by atoms with Crippen LogP contribution in [0, 0.1) is 5.41 Å². The number of amides is 1. The lowest BCUT2D eigenvalue weighted by Gasteiger charge is -2.38. The Hall–Kier alpha value is -1.39. The summed E-state index contributed by atoms with van der Waals surface area (Å²) in [6.45, 7) is 1.44. The molecule has 0 aromatic heterocycles. The van der Waals surface area contributed by atoms with Gasteiger partial charge in [0.15, 0.2) is 0 Å². The summed E-state index contributed by atoms with van der Waals surface area (Å²) in [6.07, 6.45) is 8.57. The minimum atomic E-state index is -0.502. The largest absolute Gasteiger partial charge is 0.388 e. The third-order valence-corrected chi connectivity index (χ3v) is 6.25. The molecule has 2 aliphatic rings. The van der Waals surface area contributed by atoms with Crippen molar-refractivity contribution in [3.63, 3.8) is 0 Å². The van der Waals surface area contributed by atoms with Crippen molar-refractivity contribution < 1.29 is 9.90 Å². The van der Waals surface area contributed by atoms with Crippen LogP contribution in [0.15, 0.2) is 30.3 Å². The average Bonchev–Trinajstić information content (AvgIpc) is 3.11. The van der Waals surface area contributed by atoms with E-state index in [0.29, 0.717) is 19.4 Å². The van der Waals surface area contributed by atoms with E-state index in [1.165, 1.54) is 19.3 Å². The Morgan fingerprint density at radius 2 is 1.92 bits per heavy atom. The first-order valence-electron chi connectivity index (χ1n) is 9.86. The van der Waals surface area contributed by atoms with Crippen LogP contribution in [0.4, 0.5) is 0 Å². The molecule has 1 amide bonds. The molecule has 1 saturated heterocycles. The van der Waals surface area contributed by atoms with Crippen molar-refractivity contribution >= 4 is 5.91 Å². The van der Waals surface area contributed by atoms with Gasteiger partial charge in [-0.15, -0.1) is 0 Å². The molecule has 138 valence electrons. The molecule has 2 atom stereocenters. The van der Waals surface area contributed by atoms with Gasteiger partial charge < -0.3 is 15.7 Å². The minimum Gasteiger partial charge on any atom is -0.388 e. The zero-order valence-electron chi connectivity index (χ0n) is 15.2. The fraction of sp³-hybridized carbons (Fsp3) is 0.667. The smallest absolute Gasteiger partial charge is 0.223 e. The standard InChI is InChI=1S/C21H32N2O2/c22-16-21(11-5-2-6-12-21)15-20(25)23-13-7-10-18(23)14-19(24)17-8-3-1-4-9-17/h1,3-4,8-9,18-19,24H,2,5-7,10-16,22H2. The monoisotopic (exact) mass is 344 g/mol. The van der Waals surface area contributed by atoms with Crippen LogP contribution in [-0.2, 0) is 4.79 Å². The van der Waals surface area contributed by atoms with Gasteiger partial charge in [-0.25, -0.2) is 0 Å². The van der Waals surface area contributed by atoms with E-state index in [9.17, 15) is 9.90 Å². The van der Waals surface area contributed by atoms with Gasteiger partial charge in [-0.05, 0) is 49.6 Å². The summed E-state index contributed by atoms with van der Waals surface area (Å²) in [5.74, 6) is 0.245. The van der Waals surface area contributed by atoms with Gasteiger partial charge in [-0.2, -0.15) is 0 Å². The molecule has 25 heavy (non-hydrogen) atoms. The maximum Gasteiger partial charge on any atom is 0.223 e. The number of aliphatic hydroxyl groups is 1. The summed E-state index contributed by atoms with van der Waals surface area (Å²) >= 11 is 0. The third kappa shape index (κ3) is 4.42. The lowest BCUT2D eigenvalue weighted by atomic mass is 9.71. The van der Waals surface area contributed by atoms with Crippen LogP contribution in [0.3, 0.4) is 0 Å². The molecular formula is C21H32N2O2. The van der Waals surface area contributed by atoms with E-state index in [2.05, 4.69) is 0 Å². The van der Waals surface area contributed by atoms with Gasteiger partial charge in [0.2, 0.25) is 5.91 Å². The van der Waals surface area contributed by atoms with Crippen LogP contribution >= 0.6 is 0 Å². The molecular weight excluding hydrogens is 312 g/mol. The van der Waals surface area contributed by atoms with E-state index < -0.39 is 6.10 Å². The number of carbonyl (C=O) groups is 1. The predicted octanol–water partition coefficient (Wildman–Crippen LogP) is 3.40. The molecule has 1 saturated carbocycles. The van der Waals surface area contributed by atoms with Gasteiger partial charge in [0.1, 0.15) is 0 Å². The highest BCUT2D eigenvalue weighted by Crippen LogP contribution is 2.39. The SMILES string of the molecule is NCC1(CC(=O)N2CCCC2CC(O)c2ccccc2)CCCCC1. The maximum absolute atomic E-state index is 13.0. The highest BCUT2D eigenvalue weighted by molar-refractivity contribution is 5.77. The van der Waals surface area contributed by atoms with Gasteiger partial charge >= 0.3 is 0 Å². The van der Waals surface area contributed by atoms with Crippen LogP contribution in [0.5, 0.6) is 0 Å². The fourth-order valence-electron chi connectivity index (χ4n) is 4.66. The lowest BCUT2D eigenvalue weighted by molar-refractivity contribution is -0.135. The molecule has 2 fully saturated rings. The van der Waals surface area contributed by atoms with Gasteiger partial charge in [0.25, 0.3) is 0 Å². The topological polar surface area (TPSA) is 66.6 Å². The predicted molar refractivity (Wildman–Crippen MR) is 99.9 cm³/mol. The van der Waals surface area contributed by atoms with Crippen molar-refractivity contribution in [1.29, 1.82) is 0 Å². The summed E-state index contributed by atoms with van der Waals surface area (Å²) in [6, 6.07) is 9.92. The van der Waals surface area contributed by atoms with Crippen molar-refractivity contribution in [1.82, 2.24) is 4.90 Å². The quantitative estimate of drug-likeness (QED) is 0.831. The van der Waals surface area contributed by atoms with Crippen LogP contribution in [0.2, 0.25) is 0 Å². The van der Waals surface area contributed by atoms with Gasteiger partial charge in [0.05, 0.1) is 6.10 Å². The Morgan fingerprint density at radius 1 is 1.20 bits per heavy atom. The molecule has 0 spiro atoms. The van der Waals surface area contributed by atoms with E-state index in [-0.39, 0.29) is 17.4 Å². The molecule has 1 aliphatic carbocycles. The van der Waals surface area contributed by atoms with E-state index in [1.54, 1.807) is 0 Å². The Kier molecular flexibility index (Phi) is 6.13. The van der Waals surface area contributed by atoms with E-state index >= 15 is 0 Å². The number of rotatable bonds is 6. The van der Waals surface area contributed by atoms with E-state index in [1.807, 2.05) is 35.2 Å². The van der Waals surface area contributed by atoms with Crippen molar-refractivity contribution in [2.24, 2.45) is 11.1 Å². The van der Waals surface area contributed by atoms with Gasteiger partial charge in [-0.1, -0.05) is 49.6 Å². The van der Waals surface area contributed by atoms with Crippen molar-refractivity contribution in [3.05, 3.63) is 35.9 Å². The summed E-state index contributed by atoms with van der Waals surface area (Å²) in [7, 11) is 0.